The lowest BCUT2D eigenvalue weighted by Gasteiger charge is -2.25. The smallest absolute Gasteiger partial charge is 0.0941 e. The number of hydrogen-bond donors (Lipinski definition) is 0. The molecule has 2 heterocycles. The second-order valence-electron chi connectivity index (χ2n) is 7.18. The summed E-state index contributed by atoms with van der Waals surface area (Å²) in [6.07, 6.45) is 13.9. The van der Waals surface area contributed by atoms with E-state index in [1.165, 1.54) is 42.6 Å². The fourth-order valence-electron chi connectivity index (χ4n) is 3.35. The minimum absolute atomic E-state index is 0.960. The number of benzene rings is 1. The lowest BCUT2D eigenvalue weighted by molar-refractivity contribution is 0.395. The molecular weight excluding hydrogens is 308 g/mol. The Labute approximate surface area is 153 Å². The zero-order chi connectivity index (χ0) is 17.6. The van der Waals surface area contributed by atoms with Gasteiger partial charge in [0.2, 0.25) is 0 Å². The second-order valence-corrected chi connectivity index (χ2v) is 7.18. The van der Waals surface area contributed by atoms with Crippen LogP contribution < -0.4 is 9.80 Å². The van der Waals surface area contributed by atoms with Gasteiger partial charge in [-0.05, 0) is 43.5 Å². The molecule has 0 bridgehead atoms. The van der Waals surface area contributed by atoms with Gasteiger partial charge in [-0.2, -0.15) is 0 Å². The third-order valence-corrected chi connectivity index (χ3v) is 4.89. The quantitative estimate of drug-likeness (QED) is 0.680. The maximum atomic E-state index is 2.40. The first-order chi connectivity index (χ1) is 12.2. The number of anilines is 2. The molecular formula is C21H32N4. The number of rotatable bonds is 8. The molecule has 1 aromatic rings. The molecule has 0 saturated carbocycles. The van der Waals surface area contributed by atoms with Crippen molar-refractivity contribution in [3.63, 3.8) is 0 Å². The van der Waals surface area contributed by atoms with Crippen molar-refractivity contribution in [1.82, 2.24) is 9.80 Å². The highest BCUT2D eigenvalue weighted by atomic mass is 15.4. The predicted molar refractivity (Wildman–Crippen MR) is 107 cm³/mol. The molecule has 2 aliphatic rings. The monoisotopic (exact) mass is 340 g/mol. The molecule has 0 atom stereocenters. The molecule has 2 aliphatic heterocycles. The summed E-state index contributed by atoms with van der Waals surface area (Å²) < 4.78 is 0. The summed E-state index contributed by atoms with van der Waals surface area (Å²) in [4.78, 5) is 9.49. The zero-order valence-corrected chi connectivity index (χ0v) is 16.0. The summed E-state index contributed by atoms with van der Waals surface area (Å²) in [6.45, 7) is 10.9. The van der Waals surface area contributed by atoms with Gasteiger partial charge in [-0.3, -0.25) is 0 Å². The van der Waals surface area contributed by atoms with Gasteiger partial charge in [0.05, 0.1) is 13.3 Å². The van der Waals surface area contributed by atoms with Crippen LogP contribution in [0.1, 0.15) is 45.1 Å². The van der Waals surface area contributed by atoms with Crippen LogP contribution in [0.2, 0.25) is 0 Å². The van der Waals surface area contributed by atoms with Crippen LogP contribution in [-0.2, 0) is 0 Å². The van der Waals surface area contributed by atoms with Gasteiger partial charge >= 0.3 is 0 Å². The molecule has 0 aliphatic carbocycles. The molecule has 0 amide bonds. The van der Waals surface area contributed by atoms with E-state index in [2.05, 4.69) is 83.4 Å². The Morgan fingerprint density at radius 2 is 1.20 bits per heavy atom. The number of aryl methyl sites for hydroxylation is 1. The molecule has 4 nitrogen and oxygen atoms in total. The van der Waals surface area contributed by atoms with Gasteiger partial charge in [0.25, 0.3) is 0 Å². The minimum Gasteiger partial charge on any atom is -0.358 e. The SMILES string of the molecule is CCCCN1C=CN(c2cc(C)cc(N3C=CN(CCCC)C3)c2)C1. The van der Waals surface area contributed by atoms with Crippen molar-refractivity contribution in [2.24, 2.45) is 0 Å². The van der Waals surface area contributed by atoms with E-state index >= 15 is 0 Å². The van der Waals surface area contributed by atoms with Gasteiger partial charge in [-0.15, -0.1) is 0 Å². The van der Waals surface area contributed by atoms with Crippen LogP contribution in [0.25, 0.3) is 0 Å². The van der Waals surface area contributed by atoms with Gasteiger partial charge in [0.15, 0.2) is 0 Å². The van der Waals surface area contributed by atoms with Crippen LogP contribution in [0.3, 0.4) is 0 Å². The van der Waals surface area contributed by atoms with Gasteiger partial charge < -0.3 is 19.6 Å². The maximum absolute atomic E-state index is 2.40. The van der Waals surface area contributed by atoms with Crippen LogP contribution in [-0.4, -0.2) is 36.2 Å². The topological polar surface area (TPSA) is 13.0 Å². The molecule has 25 heavy (non-hydrogen) atoms. The molecule has 3 rings (SSSR count). The first kappa shape index (κ1) is 17.7. The third-order valence-electron chi connectivity index (χ3n) is 4.89. The molecule has 136 valence electrons. The molecule has 0 saturated heterocycles. The van der Waals surface area contributed by atoms with Crippen molar-refractivity contribution in [2.75, 3.05) is 36.2 Å². The number of unbranched alkanes of at least 4 members (excludes halogenated alkanes) is 2. The maximum Gasteiger partial charge on any atom is 0.0941 e. The molecule has 1 aromatic carbocycles. The van der Waals surface area contributed by atoms with Gasteiger partial charge in [-0.1, -0.05) is 26.7 Å². The van der Waals surface area contributed by atoms with Crippen LogP contribution in [0.15, 0.2) is 43.0 Å². The summed E-state index contributed by atoms with van der Waals surface area (Å²) in [6, 6.07) is 6.88. The van der Waals surface area contributed by atoms with Crippen molar-refractivity contribution < 1.29 is 0 Å². The molecule has 0 N–H and O–H groups in total. The summed E-state index contributed by atoms with van der Waals surface area (Å²) >= 11 is 0. The van der Waals surface area contributed by atoms with Gasteiger partial charge in [0, 0.05) is 49.3 Å². The van der Waals surface area contributed by atoms with Crippen molar-refractivity contribution in [3.8, 4) is 0 Å². The van der Waals surface area contributed by atoms with Crippen molar-refractivity contribution in [2.45, 2.75) is 46.5 Å². The van der Waals surface area contributed by atoms with E-state index in [0.29, 0.717) is 0 Å². The Morgan fingerprint density at radius 3 is 1.64 bits per heavy atom. The molecule has 4 heteroatoms. The summed E-state index contributed by atoms with van der Waals surface area (Å²) in [5.41, 5.74) is 3.88. The largest absolute Gasteiger partial charge is 0.358 e. The fraction of sp³-hybridized carbons (Fsp3) is 0.524. The molecule has 0 unspecified atom stereocenters. The first-order valence-electron chi connectivity index (χ1n) is 9.69. The fourth-order valence-corrected chi connectivity index (χ4v) is 3.35. The van der Waals surface area contributed by atoms with Crippen LogP contribution in [0.5, 0.6) is 0 Å². The van der Waals surface area contributed by atoms with E-state index in [9.17, 15) is 0 Å². The van der Waals surface area contributed by atoms with E-state index < -0.39 is 0 Å². The molecule has 0 spiro atoms. The Balaban J connectivity index is 1.66. The first-order valence-corrected chi connectivity index (χ1v) is 9.69. The highest BCUT2D eigenvalue weighted by Gasteiger charge is 2.17. The number of hydrogen-bond acceptors (Lipinski definition) is 4. The van der Waals surface area contributed by atoms with Gasteiger partial charge in [0.1, 0.15) is 0 Å². The van der Waals surface area contributed by atoms with Gasteiger partial charge in [-0.25, -0.2) is 0 Å². The standard InChI is InChI=1S/C21H32N4/c1-4-6-8-22-10-12-24(17-22)20-14-19(3)15-21(16-20)25-13-11-23(18-25)9-7-5-2/h10-16H,4-9,17-18H2,1-3H3. The summed E-state index contributed by atoms with van der Waals surface area (Å²) in [5.74, 6) is 0. The van der Waals surface area contributed by atoms with E-state index in [1.807, 2.05) is 0 Å². The summed E-state index contributed by atoms with van der Waals surface area (Å²) in [5, 5.41) is 0. The van der Waals surface area contributed by atoms with E-state index in [4.69, 9.17) is 0 Å². The average molecular weight is 341 g/mol. The Kier molecular flexibility index (Phi) is 5.90. The second kappa shape index (κ2) is 8.32. The normalized spacial score (nSPS) is 16.6. The zero-order valence-electron chi connectivity index (χ0n) is 16.0. The Morgan fingerprint density at radius 1 is 0.720 bits per heavy atom. The van der Waals surface area contributed by atoms with E-state index in [0.717, 1.165) is 26.4 Å². The minimum atomic E-state index is 0.960. The average Bonchev–Trinajstić information content (AvgIpc) is 3.27. The summed E-state index contributed by atoms with van der Waals surface area (Å²) in [7, 11) is 0. The van der Waals surface area contributed by atoms with Crippen LogP contribution in [0, 0.1) is 6.92 Å². The highest BCUT2D eigenvalue weighted by molar-refractivity contribution is 5.64. The third kappa shape index (κ3) is 4.50. The molecule has 0 aromatic heterocycles. The predicted octanol–water partition coefficient (Wildman–Crippen LogP) is 4.70. The Hall–Kier alpha value is -2.10. The van der Waals surface area contributed by atoms with Crippen LogP contribution in [0.4, 0.5) is 11.4 Å². The lowest BCUT2D eigenvalue weighted by Crippen LogP contribution is -2.27. The lowest BCUT2D eigenvalue weighted by atomic mass is 10.1. The number of nitrogens with zero attached hydrogens (tertiary/aromatic N) is 4. The van der Waals surface area contributed by atoms with Crippen LogP contribution >= 0.6 is 0 Å². The molecule has 0 radical (unpaired) electrons. The van der Waals surface area contributed by atoms with Crippen molar-refractivity contribution in [1.29, 1.82) is 0 Å². The van der Waals surface area contributed by atoms with E-state index in [-0.39, 0.29) is 0 Å². The highest BCUT2D eigenvalue weighted by Crippen LogP contribution is 2.29. The van der Waals surface area contributed by atoms with Crippen molar-refractivity contribution >= 4 is 11.4 Å². The van der Waals surface area contributed by atoms with E-state index in [1.54, 1.807) is 0 Å². The molecule has 0 fully saturated rings. The Bertz CT molecular complexity index is 572. The van der Waals surface area contributed by atoms with Crippen molar-refractivity contribution in [3.05, 3.63) is 48.6 Å².